The van der Waals surface area contributed by atoms with Crippen molar-refractivity contribution in [1.82, 2.24) is 20.0 Å². The van der Waals surface area contributed by atoms with E-state index in [1.54, 1.807) is 13.2 Å². The van der Waals surface area contributed by atoms with Crippen molar-refractivity contribution in [2.24, 2.45) is 12.0 Å². The van der Waals surface area contributed by atoms with E-state index < -0.39 is 0 Å². The average Bonchev–Trinajstić information content (AvgIpc) is 3.02. The number of nitrogens with one attached hydrogen (secondary N) is 1. The Kier molecular flexibility index (Phi) is 7.72. The molecule has 0 fully saturated rings. The maximum absolute atomic E-state index is 10.1. The Morgan fingerprint density at radius 2 is 2.11 bits per heavy atom. The summed E-state index contributed by atoms with van der Waals surface area (Å²) in [6.45, 7) is 8.49. The minimum Gasteiger partial charge on any atom is -0.508 e. The van der Waals surface area contributed by atoms with E-state index in [4.69, 9.17) is 9.73 Å². The third-order valence-electron chi connectivity index (χ3n) is 4.52. The molecular weight excluding hydrogens is 354 g/mol. The molecule has 0 amide bonds. The highest BCUT2D eigenvalue weighted by molar-refractivity contribution is 5.79. The zero-order valence-corrected chi connectivity index (χ0v) is 17.9. The van der Waals surface area contributed by atoms with E-state index in [0.29, 0.717) is 24.6 Å². The summed E-state index contributed by atoms with van der Waals surface area (Å²) in [5, 5.41) is 18.0. The number of aryl methyl sites for hydroxylation is 1. The van der Waals surface area contributed by atoms with Gasteiger partial charge in [0.15, 0.2) is 5.96 Å². The first-order valence-corrected chi connectivity index (χ1v) is 9.73. The maximum atomic E-state index is 10.1. The summed E-state index contributed by atoms with van der Waals surface area (Å²) in [6.07, 6.45) is 2.73. The van der Waals surface area contributed by atoms with Gasteiger partial charge in [0, 0.05) is 51.6 Å². The fourth-order valence-electron chi connectivity index (χ4n) is 3.13. The number of hydrogen-bond donors (Lipinski definition) is 2. The summed E-state index contributed by atoms with van der Waals surface area (Å²) in [6, 6.07) is 5.36. The van der Waals surface area contributed by atoms with E-state index in [2.05, 4.69) is 42.3 Å². The molecular formula is C21H33N5O2. The van der Waals surface area contributed by atoms with Crippen LogP contribution in [0.15, 0.2) is 29.4 Å². The molecule has 2 aromatic rings. The van der Waals surface area contributed by atoms with Crippen molar-refractivity contribution in [3.8, 4) is 11.5 Å². The van der Waals surface area contributed by atoms with Crippen molar-refractivity contribution < 1.29 is 9.84 Å². The highest BCUT2D eigenvalue weighted by Crippen LogP contribution is 2.23. The minimum atomic E-state index is 0.241. The first kappa shape index (κ1) is 21.6. The van der Waals surface area contributed by atoms with Gasteiger partial charge in [0.2, 0.25) is 0 Å². The molecule has 7 heteroatoms. The zero-order chi connectivity index (χ0) is 20.7. The normalized spacial score (nSPS) is 11.8. The number of ether oxygens (including phenoxy) is 1. The van der Waals surface area contributed by atoms with Crippen molar-refractivity contribution in [1.29, 1.82) is 0 Å². The van der Waals surface area contributed by atoms with Crippen LogP contribution >= 0.6 is 0 Å². The number of methoxy groups -OCH3 is 1. The van der Waals surface area contributed by atoms with E-state index in [9.17, 15) is 5.11 Å². The van der Waals surface area contributed by atoms with Crippen LogP contribution in [0, 0.1) is 0 Å². The van der Waals surface area contributed by atoms with Crippen LogP contribution < -0.4 is 10.1 Å². The number of hydrogen-bond acceptors (Lipinski definition) is 4. The second kappa shape index (κ2) is 10.0. The lowest BCUT2D eigenvalue weighted by molar-refractivity contribution is 0.406. The van der Waals surface area contributed by atoms with Crippen LogP contribution in [0.1, 0.15) is 43.5 Å². The highest BCUT2D eigenvalue weighted by atomic mass is 16.5. The lowest BCUT2D eigenvalue weighted by Crippen LogP contribution is -2.38. The largest absolute Gasteiger partial charge is 0.508 e. The number of rotatable bonds is 8. The molecule has 1 aromatic carbocycles. The number of phenolic OH excluding ortho intramolecular Hbond substituents is 1. The van der Waals surface area contributed by atoms with Crippen LogP contribution in [0.4, 0.5) is 0 Å². The van der Waals surface area contributed by atoms with E-state index >= 15 is 0 Å². The molecule has 2 N–H and O–H groups in total. The Balaban J connectivity index is 2.07. The van der Waals surface area contributed by atoms with Crippen molar-refractivity contribution in [3.05, 3.63) is 41.2 Å². The van der Waals surface area contributed by atoms with Gasteiger partial charge >= 0.3 is 0 Å². The number of aromatic nitrogens is 2. The van der Waals surface area contributed by atoms with Crippen molar-refractivity contribution in [2.75, 3.05) is 27.2 Å². The number of phenols is 1. The Morgan fingerprint density at radius 1 is 1.36 bits per heavy atom. The quantitative estimate of drug-likeness (QED) is 0.538. The first-order chi connectivity index (χ1) is 13.3. The summed E-state index contributed by atoms with van der Waals surface area (Å²) >= 11 is 0. The lowest BCUT2D eigenvalue weighted by Gasteiger charge is -2.22. The average molecular weight is 388 g/mol. The van der Waals surface area contributed by atoms with Gasteiger partial charge in [-0.15, -0.1) is 0 Å². The van der Waals surface area contributed by atoms with Crippen molar-refractivity contribution in [2.45, 2.75) is 39.7 Å². The van der Waals surface area contributed by atoms with E-state index in [1.165, 1.54) is 5.56 Å². The van der Waals surface area contributed by atoms with Gasteiger partial charge in [0.25, 0.3) is 0 Å². The molecule has 28 heavy (non-hydrogen) atoms. The van der Waals surface area contributed by atoms with Gasteiger partial charge in [0.1, 0.15) is 11.5 Å². The molecule has 0 saturated carbocycles. The SMILES string of the molecule is CCNC(=NCCc1ccc(OC)cc1O)N(C)Cc1cn(C)nc1C(C)C. The van der Waals surface area contributed by atoms with Crippen LogP contribution in [-0.4, -0.2) is 53.0 Å². The standard InChI is InChI=1S/C21H33N5O2/c1-7-22-21(23-11-10-16-8-9-18(28-6)12-19(16)27)25(4)13-17-14-26(5)24-20(17)15(2)3/h8-9,12,14-15,27H,7,10-11,13H2,1-6H3,(H,22,23). The number of benzene rings is 1. The number of nitrogens with zero attached hydrogens (tertiary/aromatic N) is 4. The maximum Gasteiger partial charge on any atom is 0.193 e. The predicted octanol–water partition coefficient (Wildman–Crippen LogP) is 2.90. The van der Waals surface area contributed by atoms with Crippen molar-refractivity contribution in [3.63, 3.8) is 0 Å². The molecule has 0 spiro atoms. The van der Waals surface area contributed by atoms with E-state index in [-0.39, 0.29) is 5.75 Å². The molecule has 7 nitrogen and oxygen atoms in total. The Hall–Kier alpha value is -2.70. The fourth-order valence-corrected chi connectivity index (χ4v) is 3.13. The van der Waals surface area contributed by atoms with E-state index in [0.717, 1.165) is 30.3 Å². The van der Waals surface area contributed by atoms with Gasteiger partial charge in [-0.3, -0.25) is 9.67 Å². The Morgan fingerprint density at radius 3 is 2.71 bits per heavy atom. The molecule has 0 aliphatic carbocycles. The number of guanidine groups is 1. The van der Waals surface area contributed by atoms with Gasteiger partial charge in [-0.2, -0.15) is 5.10 Å². The third-order valence-corrected chi connectivity index (χ3v) is 4.52. The van der Waals surface area contributed by atoms with E-state index in [1.807, 2.05) is 30.9 Å². The molecule has 0 bridgehead atoms. The molecule has 154 valence electrons. The number of aromatic hydroxyl groups is 1. The summed E-state index contributed by atoms with van der Waals surface area (Å²) in [4.78, 5) is 6.84. The summed E-state index contributed by atoms with van der Waals surface area (Å²) < 4.78 is 7.00. The first-order valence-electron chi connectivity index (χ1n) is 9.73. The van der Waals surface area contributed by atoms with Crippen LogP contribution in [0.25, 0.3) is 0 Å². The smallest absolute Gasteiger partial charge is 0.193 e. The number of aliphatic imine (C=N–C) groups is 1. The molecule has 0 aliphatic rings. The van der Waals surface area contributed by atoms with Gasteiger partial charge in [0.05, 0.1) is 12.8 Å². The predicted molar refractivity (Wildman–Crippen MR) is 113 cm³/mol. The molecule has 0 radical (unpaired) electrons. The molecule has 2 rings (SSSR count). The van der Waals surface area contributed by atoms with Gasteiger partial charge < -0.3 is 20.1 Å². The van der Waals surface area contributed by atoms with Gasteiger partial charge in [-0.25, -0.2) is 0 Å². The summed E-state index contributed by atoms with van der Waals surface area (Å²) in [5.74, 6) is 2.11. The molecule has 0 aliphatic heterocycles. The zero-order valence-electron chi connectivity index (χ0n) is 17.9. The van der Waals surface area contributed by atoms with Crippen LogP contribution in [0.2, 0.25) is 0 Å². The molecule has 0 unspecified atom stereocenters. The second-order valence-electron chi connectivity index (χ2n) is 7.20. The van der Waals surface area contributed by atoms with Crippen LogP contribution in [-0.2, 0) is 20.0 Å². The highest BCUT2D eigenvalue weighted by Gasteiger charge is 2.15. The topological polar surface area (TPSA) is 74.9 Å². The Labute approximate surface area is 168 Å². The van der Waals surface area contributed by atoms with Gasteiger partial charge in [-0.1, -0.05) is 19.9 Å². The van der Waals surface area contributed by atoms with Crippen LogP contribution in [0.5, 0.6) is 11.5 Å². The van der Waals surface area contributed by atoms with Crippen molar-refractivity contribution >= 4 is 5.96 Å². The molecule has 1 heterocycles. The Bertz CT molecular complexity index is 798. The second-order valence-corrected chi connectivity index (χ2v) is 7.20. The summed E-state index contributed by atoms with van der Waals surface area (Å²) in [7, 11) is 5.57. The molecule has 0 saturated heterocycles. The fraction of sp³-hybridized carbons (Fsp3) is 0.524. The molecule has 0 atom stereocenters. The monoisotopic (exact) mass is 387 g/mol. The minimum absolute atomic E-state index is 0.241. The lowest BCUT2D eigenvalue weighted by atomic mass is 10.1. The van der Waals surface area contributed by atoms with Crippen LogP contribution in [0.3, 0.4) is 0 Å². The molecule has 1 aromatic heterocycles. The summed E-state index contributed by atoms with van der Waals surface area (Å²) in [5.41, 5.74) is 3.18. The third kappa shape index (κ3) is 5.65. The van der Waals surface area contributed by atoms with Gasteiger partial charge in [-0.05, 0) is 30.9 Å².